The van der Waals surface area contributed by atoms with Gasteiger partial charge in [0.1, 0.15) is 17.5 Å². The van der Waals surface area contributed by atoms with Crippen LogP contribution in [0.15, 0.2) is 36.5 Å². The molecule has 2 amide bonds. The number of fused-ring (bicyclic) bond motifs is 1. The van der Waals surface area contributed by atoms with Crippen molar-refractivity contribution in [2.24, 2.45) is 5.92 Å². The van der Waals surface area contributed by atoms with Crippen LogP contribution in [0.1, 0.15) is 24.2 Å². The van der Waals surface area contributed by atoms with Crippen LogP contribution >= 0.6 is 0 Å². The van der Waals surface area contributed by atoms with Gasteiger partial charge in [-0.25, -0.2) is 9.37 Å². The van der Waals surface area contributed by atoms with Crippen LogP contribution in [0.2, 0.25) is 0 Å². The number of pyridine rings is 1. The molecule has 3 atom stereocenters. The number of rotatable bonds is 7. The van der Waals surface area contributed by atoms with Gasteiger partial charge in [0, 0.05) is 36.8 Å². The third-order valence-electron chi connectivity index (χ3n) is 6.04. The quantitative estimate of drug-likeness (QED) is 0.665. The zero-order valence-electron chi connectivity index (χ0n) is 20.4. The van der Waals surface area contributed by atoms with Gasteiger partial charge in [-0.2, -0.15) is 0 Å². The molecule has 184 valence electrons. The number of carbonyl (C=O) groups excluding carboxylic acids is 2. The zero-order chi connectivity index (χ0) is 25.0. The second-order valence-electron chi connectivity index (χ2n) is 9.19. The average molecular weight is 473 g/mol. The van der Waals surface area contributed by atoms with Crippen molar-refractivity contribution >= 4 is 11.8 Å². The van der Waals surface area contributed by atoms with E-state index in [0.717, 1.165) is 0 Å². The van der Waals surface area contributed by atoms with Gasteiger partial charge in [0.2, 0.25) is 11.8 Å². The highest BCUT2D eigenvalue weighted by Crippen LogP contribution is 2.31. The Bertz CT molecular complexity index is 1030. The second-order valence-corrected chi connectivity index (χ2v) is 9.19. The van der Waals surface area contributed by atoms with Crippen molar-refractivity contribution in [3.63, 3.8) is 0 Å². The Morgan fingerprint density at radius 3 is 2.65 bits per heavy atom. The number of nitrogens with zero attached hydrogens (tertiary/aromatic N) is 4. The van der Waals surface area contributed by atoms with Gasteiger partial charge >= 0.3 is 0 Å². The van der Waals surface area contributed by atoms with E-state index >= 15 is 0 Å². The van der Waals surface area contributed by atoms with E-state index in [1.54, 1.807) is 52.9 Å². The molecular weight excluding hydrogens is 439 g/mol. The van der Waals surface area contributed by atoms with Crippen LogP contribution in [-0.2, 0) is 4.79 Å². The monoisotopic (exact) mass is 472 g/mol. The van der Waals surface area contributed by atoms with E-state index in [9.17, 15) is 19.1 Å². The van der Waals surface area contributed by atoms with Gasteiger partial charge in [-0.3, -0.25) is 9.59 Å². The molecule has 0 saturated carbocycles. The number of hydrogen-bond acceptors (Lipinski definition) is 6. The molecular formula is C25H33FN4O4. The van der Waals surface area contributed by atoms with E-state index in [1.165, 1.54) is 12.3 Å². The fraction of sp³-hybridized carbons (Fsp3) is 0.480. The summed E-state index contributed by atoms with van der Waals surface area (Å²) < 4.78 is 20.6. The van der Waals surface area contributed by atoms with Gasteiger partial charge < -0.3 is 24.5 Å². The van der Waals surface area contributed by atoms with Gasteiger partial charge in [-0.15, -0.1) is 0 Å². The number of aliphatic hydroxyl groups excluding tert-OH is 1. The third-order valence-corrected chi connectivity index (χ3v) is 6.04. The molecule has 0 unspecified atom stereocenters. The highest BCUT2D eigenvalue weighted by molar-refractivity contribution is 5.98. The van der Waals surface area contributed by atoms with E-state index in [4.69, 9.17) is 4.74 Å². The number of likely N-dealkylation sites (N-methyl/N-ethyl adjacent to an activating group) is 2. The fourth-order valence-electron chi connectivity index (χ4n) is 3.93. The molecule has 0 spiro atoms. The molecule has 1 aromatic heterocycles. The first-order chi connectivity index (χ1) is 16.1. The van der Waals surface area contributed by atoms with E-state index in [2.05, 4.69) is 4.98 Å². The van der Waals surface area contributed by atoms with Crippen molar-refractivity contribution in [2.75, 3.05) is 47.4 Å². The summed E-state index contributed by atoms with van der Waals surface area (Å²) in [5, 5.41) is 9.79. The van der Waals surface area contributed by atoms with Crippen molar-refractivity contribution < 1.29 is 23.8 Å². The van der Waals surface area contributed by atoms with Crippen LogP contribution in [0.25, 0.3) is 11.1 Å². The van der Waals surface area contributed by atoms with Crippen molar-refractivity contribution in [3.8, 4) is 17.0 Å². The van der Waals surface area contributed by atoms with Crippen LogP contribution < -0.4 is 4.74 Å². The number of ether oxygens (including phenoxy) is 1. The number of aromatic nitrogens is 1. The maximum atomic E-state index is 14.4. The standard InChI is InChI=1S/C25H33FN4O4/c1-16-12-30(17(2)15-31)25(33)20-10-18(19-8-6-7-9-21(19)26)11-27-24(20)34-22(16)13-29(5)23(32)14-28(3)4/h6-11,16-17,22,31H,12-15H2,1-5H3/t16-,17-,22-/m1/s1. The molecule has 1 aliphatic rings. The van der Waals surface area contributed by atoms with Crippen LogP contribution in [0.5, 0.6) is 5.88 Å². The predicted octanol–water partition coefficient (Wildman–Crippen LogP) is 2.13. The Kier molecular flexibility index (Phi) is 8.22. The lowest BCUT2D eigenvalue weighted by atomic mass is 9.99. The summed E-state index contributed by atoms with van der Waals surface area (Å²) in [5.41, 5.74) is 0.974. The molecule has 1 N–H and O–H groups in total. The lowest BCUT2D eigenvalue weighted by Crippen LogP contribution is -2.51. The second kappa shape index (κ2) is 10.9. The molecule has 2 heterocycles. The lowest BCUT2D eigenvalue weighted by Gasteiger charge is -2.37. The Balaban J connectivity index is 2.00. The van der Waals surface area contributed by atoms with E-state index in [1.807, 2.05) is 21.0 Å². The van der Waals surface area contributed by atoms with Crippen molar-refractivity contribution in [3.05, 3.63) is 47.9 Å². The van der Waals surface area contributed by atoms with Gasteiger partial charge in [-0.05, 0) is 33.2 Å². The van der Waals surface area contributed by atoms with Gasteiger partial charge in [0.15, 0.2) is 0 Å². The predicted molar refractivity (Wildman–Crippen MR) is 127 cm³/mol. The van der Waals surface area contributed by atoms with Crippen LogP contribution in [0, 0.1) is 11.7 Å². The molecule has 0 bridgehead atoms. The Hall–Kier alpha value is -3.04. The first kappa shape index (κ1) is 25.6. The molecule has 1 aromatic carbocycles. The fourth-order valence-corrected chi connectivity index (χ4v) is 3.93. The van der Waals surface area contributed by atoms with Crippen LogP contribution in [0.3, 0.4) is 0 Å². The van der Waals surface area contributed by atoms with Crippen molar-refractivity contribution in [2.45, 2.75) is 26.0 Å². The Morgan fingerprint density at radius 1 is 1.29 bits per heavy atom. The number of amides is 2. The normalized spacial score (nSPS) is 19.2. The first-order valence-corrected chi connectivity index (χ1v) is 11.3. The molecule has 0 aliphatic carbocycles. The molecule has 8 nitrogen and oxygen atoms in total. The van der Waals surface area contributed by atoms with Gasteiger partial charge in [0.25, 0.3) is 5.91 Å². The van der Waals surface area contributed by atoms with Crippen LogP contribution in [0.4, 0.5) is 4.39 Å². The number of aliphatic hydroxyl groups is 1. The Morgan fingerprint density at radius 2 is 2.00 bits per heavy atom. The maximum Gasteiger partial charge on any atom is 0.259 e. The molecule has 0 radical (unpaired) electrons. The van der Waals surface area contributed by atoms with Crippen molar-refractivity contribution in [1.82, 2.24) is 19.7 Å². The van der Waals surface area contributed by atoms with E-state index < -0.39 is 18.0 Å². The van der Waals surface area contributed by atoms with E-state index in [-0.39, 0.29) is 42.3 Å². The summed E-state index contributed by atoms with van der Waals surface area (Å²) >= 11 is 0. The van der Waals surface area contributed by atoms with E-state index in [0.29, 0.717) is 24.2 Å². The number of hydrogen-bond donors (Lipinski definition) is 1. The molecule has 34 heavy (non-hydrogen) atoms. The Labute approximate surface area is 199 Å². The molecule has 2 aromatic rings. The minimum atomic E-state index is -0.442. The summed E-state index contributed by atoms with van der Waals surface area (Å²) in [5.74, 6) is -0.831. The highest BCUT2D eigenvalue weighted by Gasteiger charge is 2.35. The smallest absolute Gasteiger partial charge is 0.259 e. The molecule has 9 heteroatoms. The number of carbonyl (C=O) groups is 2. The molecule has 0 saturated heterocycles. The minimum Gasteiger partial charge on any atom is -0.472 e. The molecule has 0 fully saturated rings. The zero-order valence-corrected chi connectivity index (χ0v) is 20.4. The average Bonchev–Trinajstić information content (AvgIpc) is 2.80. The van der Waals surface area contributed by atoms with Crippen molar-refractivity contribution in [1.29, 1.82) is 0 Å². The minimum absolute atomic E-state index is 0.0531. The maximum absolute atomic E-state index is 14.4. The lowest BCUT2D eigenvalue weighted by molar-refractivity contribution is -0.132. The summed E-state index contributed by atoms with van der Waals surface area (Å²) in [6.07, 6.45) is 1.04. The largest absolute Gasteiger partial charge is 0.472 e. The highest BCUT2D eigenvalue weighted by atomic mass is 19.1. The molecule has 3 rings (SSSR count). The number of benzene rings is 1. The van der Waals surface area contributed by atoms with Gasteiger partial charge in [0.05, 0.1) is 25.7 Å². The van der Waals surface area contributed by atoms with Crippen LogP contribution in [-0.4, -0.2) is 96.1 Å². The first-order valence-electron chi connectivity index (χ1n) is 11.3. The summed E-state index contributed by atoms with van der Waals surface area (Å²) in [6.45, 7) is 4.40. The summed E-state index contributed by atoms with van der Waals surface area (Å²) in [7, 11) is 5.37. The SMILES string of the molecule is C[C@@H]1CN([C@H](C)CO)C(=O)c2cc(-c3ccccc3F)cnc2O[C@@H]1CN(C)C(=O)CN(C)C. The third kappa shape index (κ3) is 5.71. The number of halogens is 1. The van der Waals surface area contributed by atoms with Gasteiger partial charge in [-0.1, -0.05) is 25.1 Å². The summed E-state index contributed by atoms with van der Waals surface area (Å²) in [4.78, 5) is 35.4. The topological polar surface area (TPSA) is 86.2 Å². The summed E-state index contributed by atoms with van der Waals surface area (Å²) in [6, 6.07) is 7.42. The molecule has 1 aliphatic heterocycles.